The predicted molar refractivity (Wildman–Crippen MR) is 83.6 cm³/mol. The second-order valence-electron chi connectivity index (χ2n) is 6.15. The maximum Gasteiger partial charge on any atom is 0.288 e. The van der Waals surface area contributed by atoms with Gasteiger partial charge in [-0.15, -0.1) is 0 Å². The van der Waals surface area contributed by atoms with Crippen molar-refractivity contribution < 1.29 is 13.6 Å². The topological polar surface area (TPSA) is 55.1 Å². The number of thioether (sulfide) groups is 1. The lowest BCUT2D eigenvalue weighted by molar-refractivity contribution is -0.116. The number of nitrogens with one attached hydrogen (secondary N) is 1. The fourth-order valence-corrected chi connectivity index (χ4v) is 2.66. The summed E-state index contributed by atoms with van der Waals surface area (Å²) in [4.78, 5) is 12.3. The van der Waals surface area contributed by atoms with Crippen LogP contribution in [0.2, 0.25) is 0 Å². The van der Waals surface area contributed by atoms with Crippen LogP contribution < -0.4 is 11.1 Å². The first-order valence-corrected chi connectivity index (χ1v) is 7.64. The Balaban J connectivity index is 2.63. The van der Waals surface area contributed by atoms with Crippen LogP contribution in [0.5, 0.6) is 0 Å². The Morgan fingerprint density at radius 1 is 1.33 bits per heavy atom. The Hall–Kier alpha value is -1.14. The van der Waals surface area contributed by atoms with Crippen molar-refractivity contribution in [2.24, 2.45) is 11.1 Å². The third kappa shape index (κ3) is 7.43. The summed E-state index contributed by atoms with van der Waals surface area (Å²) < 4.78 is 24.9. The van der Waals surface area contributed by atoms with E-state index in [0.29, 0.717) is 28.8 Å². The Bertz CT molecular complexity index is 475. The smallest absolute Gasteiger partial charge is 0.288 e. The van der Waals surface area contributed by atoms with E-state index in [1.807, 2.05) is 0 Å². The van der Waals surface area contributed by atoms with Gasteiger partial charge in [0.05, 0.1) is 5.69 Å². The minimum absolute atomic E-state index is 0.0448. The Labute approximate surface area is 128 Å². The van der Waals surface area contributed by atoms with Crippen molar-refractivity contribution in [1.82, 2.24) is 0 Å². The summed E-state index contributed by atoms with van der Waals surface area (Å²) in [6.45, 7) is 6.16. The molecule has 0 fully saturated rings. The molecule has 1 aromatic rings. The minimum Gasteiger partial charge on any atom is -0.327 e. The molecule has 0 aliphatic carbocycles. The first-order valence-electron chi connectivity index (χ1n) is 6.76. The molecule has 21 heavy (non-hydrogen) atoms. The highest BCUT2D eigenvalue weighted by Gasteiger charge is 2.19. The van der Waals surface area contributed by atoms with E-state index in [9.17, 15) is 13.6 Å². The number of benzene rings is 1. The summed E-state index contributed by atoms with van der Waals surface area (Å²) in [6.07, 6.45) is 0.888. The highest BCUT2D eigenvalue weighted by Crippen LogP contribution is 2.31. The van der Waals surface area contributed by atoms with E-state index in [1.54, 1.807) is 24.3 Å². The summed E-state index contributed by atoms with van der Waals surface area (Å²) in [7, 11) is 0. The molecule has 118 valence electrons. The molecule has 3 N–H and O–H groups in total. The van der Waals surface area contributed by atoms with Crippen molar-refractivity contribution >= 4 is 23.4 Å². The van der Waals surface area contributed by atoms with Crippen LogP contribution in [0.15, 0.2) is 29.2 Å². The van der Waals surface area contributed by atoms with Crippen molar-refractivity contribution in [2.75, 3.05) is 5.32 Å². The zero-order valence-electron chi connectivity index (χ0n) is 12.5. The van der Waals surface area contributed by atoms with E-state index < -0.39 is 5.76 Å². The number of amides is 1. The third-order valence-corrected chi connectivity index (χ3v) is 3.49. The van der Waals surface area contributed by atoms with Gasteiger partial charge in [-0.05, 0) is 24.0 Å². The average Bonchev–Trinajstić information content (AvgIpc) is 2.28. The van der Waals surface area contributed by atoms with E-state index in [0.717, 1.165) is 0 Å². The number of nitrogens with two attached hydrogens (primary N) is 1. The van der Waals surface area contributed by atoms with E-state index in [1.165, 1.54) is 0 Å². The number of hydrogen-bond donors (Lipinski definition) is 2. The van der Waals surface area contributed by atoms with Gasteiger partial charge in [0, 0.05) is 17.4 Å². The standard InChI is InChI=1S/C15H22F2N2OS/c1-15(2,3)9-10(18)8-13(20)19-11-6-4-5-7-12(11)21-14(16)17/h4-7,10,14H,8-9,18H2,1-3H3,(H,19,20). The van der Waals surface area contributed by atoms with Crippen LogP contribution in [0, 0.1) is 5.41 Å². The Kier molecular flexibility index (Phi) is 6.61. The molecule has 1 unspecified atom stereocenters. The SMILES string of the molecule is CC(C)(C)CC(N)CC(=O)Nc1ccccc1SC(F)F. The molecule has 3 nitrogen and oxygen atoms in total. The van der Waals surface area contributed by atoms with Crippen molar-refractivity contribution in [3.63, 3.8) is 0 Å². The second-order valence-corrected chi connectivity index (χ2v) is 7.18. The number of carbonyl (C=O) groups excluding carboxylic acids is 1. The molecule has 0 aromatic heterocycles. The maximum absolute atomic E-state index is 12.5. The normalized spacial score (nSPS) is 13.3. The van der Waals surface area contributed by atoms with E-state index in [2.05, 4.69) is 26.1 Å². The van der Waals surface area contributed by atoms with Gasteiger partial charge in [0.15, 0.2) is 0 Å². The fourth-order valence-electron chi connectivity index (χ4n) is 2.07. The molecule has 1 amide bonds. The second kappa shape index (κ2) is 7.75. The molecule has 1 atom stereocenters. The highest BCUT2D eigenvalue weighted by atomic mass is 32.2. The van der Waals surface area contributed by atoms with Crippen LogP contribution in [0.1, 0.15) is 33.6 Å². The van der Waals surface area contributed by atoms with Gasteiger partial charge in [0.2, 0.25) is 5.91 Å². The first-order chi connectivity index (χ1) is 9.67. The monoisotopic (exact) mass is 316 g/mol. The van der Waals surface area contributed by atoms with Gasteiger partial charge in [-0.2, -0.15) is 8.78 Å². The van der Waals surface area contributed by atoms with E-state index in [4.69, 9.17) is 5.73 Å². The van der Waals surface area contributed by atoms with E-state index in [-0.39, 0.29) is 23.8 Å². The molecule has 0 saturated carbocycles. The molecule has 6 heteroatoms. The van der Waals surface area contributed by atoms with Crippen molar-refractivity contribution in [1.29, 1.82) is 0 Å². The number of rotatable bonds is 6. The zero-order chi connectivity index (χ0) is 16.0. The maximum atomic E-state index is 12.5. The summed E-state index contributed by atoms with van der Waals surface area (Å²) in [5, 5.41) is 2.66. The highest BCUT2D eigenvalue weighted by molar-refractivity contribution is 7.99. The molecule has 1 aromatic carbocycles. The number of anilines is 1. The van der Waals surface area contributed by atoms with E-state index >= 15 is 0 Å². The predicted octanol–water partition coefficient (Wildman–Crippen LogP) is 4.09. The van der Waals surface area contributed by atoms with Crippen LogP contribution in [0.4, 0.5) is 14.5 Å². The van der Waals surface area contributed by atoms with Gasteiger partial charge in [-0.3, -0.25) is 4.79 Å². The largest absolute Gasteiger partial charge is 0.327 e. The molecule has 0 saturated heterocycles. The Morgan fingerprint density at radius 2 is 1.95 bits per heavy atom. The molecular weight excluding hydrogens is 294 g/mol. The summed E-state index contributed by atoms with van der Waals surface area (Å²) >= 11 is 0.417. The van der Waals surface area contributed by atoms with Gasteiger partial charge >= 0.3 is 0 Å². The molecule has 0 radical (unpaired) electrons. The molecule has 0 aliphatic heterocycles. The van der Waals surface area contributed by atoms with Crippen molar-refractivity contribution in [3.05, 3.63) is 24.3 Å². The lowest BCUT2D eigenvalue weighted by Gasteiger charge is -2.22. The van der Waals surface area contributed by atoms with Crippen LogP contribution >= 0.6 is 11.8 Å². The van der Waals surface area contributed by atoms with Gasteiger partial charge in [0.25, 0.3) is 5.76 Å². The number of halogens is 2. The Morgan fingerprint density at radius 3 is 2.52 bits per heavy atom. The van der Waals surface area contributed by atoms with Crippen LogP contribution in [-0.4, -0.2) is 17.7 Å². The van der Waals surface area contributed by atoms with Gasteiger partial charge in [-0.1, -0.05) is 44.7 Å². The first kappa shape index (κ1) is 17.9. The molecule has 0 spiro atoms. The molecular formula is C15H22F2N2OS. The minimum atomic E-state index is -2.52. The quantitative estimate of drug-likeness (QED) is 0.777. The molecule has 0 aliphatic rings. The van der Waals surface area contributed by atoms with Gasteiger partial charge < -0.3 is 11.1 Å². The number of carbonyl (C=O) groups is 1. The van der Waals surface area contributed by atoms with Crippen LogP contribution in [-0.2, 0) is 4.79 Å². The summed E-state index contributed by atoms with van der Waals surface area (Å²) in [5.74, 6) is -2.78. The zero-order valence-corrected chi connectivity index (χ0v) is 13.3. The van der Waals surface area contributed by atoms with Crippen molar-refractivity contribution in [2.45, 2.75) is 50.3 Å². The van der Waals surface area contributed by atoms with Crippen LogP contribution in [0.25, 0.3) is 0 Å². The lowest BCUT2D eigenvalue weighted by atomic mass is 9.87. The van der Waals surface area contributed by atoms with Gasteiger partial charge in [-0.25, -0.2) is 0 Å². The average molecular weight is 316 g/mol. The molecule has 0 bridgehead atoms. The summed E-state index contributed by atoms with van der Waals surface area (Å²) in [5.41, 5.74) is 6.39. The molecule has 1 rings (SSSR count). The third-order valence-electron chi connectivity index (χ3n) is 2.70. The lowest BCUT2D eigenvalue weighted by Crippen LogP contribution is -2.31. The number of para-hydroxylation sites is 1. The fraction of sp³-hybridized carbons (Fsp3) is 0.533. The van der Waals surface area contributed by atoms with Crippen LogP contribution in [0.3, 0.4) is 0 Å². The number of hydrogen-bond acceptors (Lipinski definition) is 3. The van der Waals surface area contributed by atoms with Gasteiger partial charge in [0.1, 0.15) is 0 Å². The molecule has 0 heterocycles. The van der Waals surface area contributed by atoms with Crippen molar-refractivity contribution in [3.8, 4) is 0 Å². The summed E-state index contributed by atoms with van der Waals surface area (Å²) in [6, 6.07) is 6.27. The number of alkyl halides is 2.